The first-order chi connectivity index (χ1) is 23.9. The minimum Gasteiger partial charge on any atom is -0.395 e. The lowest BCUT2D eigenvalue weighted by Crippen LogP contribution is -2.14. The molecule has 1 aliphatic rings. The maximum atomic E-state index is 7.19. The van der Waals surface area contributed by atoms with Crippen molar-refractivity contribution >= 4 is 38.9 Å². The Bertz CT molecular complexity index is 2590. The molecular weight excluding hydrogens is 595 g/mol. The summed E-state index contributed by atoms with van der Waals surface area (Å²) in [4.78, 5) is 0. The number of nitrogens with two attached hydrogens (primary N) is 1. The van der Waals surface area contributed by atoms with Crippen LogP contribution in [0.4, 0.5) is 17.1 Å². The number of hydrogen-bond donors (Lipinski definition) is 2. The first-order valence-corrected chi connectivity index (χ1v) is 17.0. The Kier molecular flexibility index (Phi) is 6.53. The predicted octanol–water partition coefficient (Wildman–Crippen LogP) is 12.1. The summed E-state index contributed by atoms with van der Waals surface area (Å²) in [5, 5.41) is 6.03. The third kappa shape index (κ3) is 4.50. The van der Waals surface area contributed by atoms with Gasteiger partial charge in [-0.15, -0.1) is 0 Å². The highest BCUT2D eigenvalue weighted by Gasteiger charge is 2.35. The summed E-state index contributed by atoms with van der Waals surface area (Å²) in [6, 6.07) is 54.5. The van der Waals surface area contributed by atoms with Crippen molar-refractivity contribution < 1.29 is 0 Å². The number of nitrogen functional groups attached to an aromatic ring is 1. The first kappa shape index (κ1) is 29.1. The van der Waals surface area contributed by atoms with Gasteiger partial charge in [-0.3, -0.25) is 0 Å². The predicted molar refractivity (Wildman–Crippen MR) is 208 cm³/mol. The summed E-state index contributed by atoms with van der Waals surface area (Å²) < 4.78 is 2.33. The van der Waals surface area contributed by atoms with Crippen LogP contribution in [0, 0.1) is 6.92 Å². The van der Waals surface area contributed by atoms with Gasteiger partial charge in [-0.05, 0) is 93.9 Å². The molecule has 8 aromatic rings. The monoisotopic (exact) mass is 631 g/mol. The molecule has 3 N–H and O–H groups in total. The van der Waals surface area contributed by atoms with Gasteiger partial charge in [-0.2, -0.15) is 0 Å². The van der Waals surface area contributed by atoms with Crippen LogP contribution >= 0.6 is 0 Å². The standard InChI is InChI=1S/C46H37N3/c1-29-13-4-5-16-33(29)35-18-7-10-21-41(35)48-42-26-24-37-36-19-8-11-22-43(36)49(45(37)44(42)47)32-15-12-14-30(27-32)31-23-25-40-38(28-31)34-17-6-9-20-39(34)46(40,2)3/h4-28,48H,47H2,1-3H3. The van der Waals surface area contributed by atoms with Crippen LogP contribution in [-0.2, 0) is 5.41 Å². The lowest BCUT2D eigenvalue weighted by molar-refractivity contribution is 0.660. The Hall–Kier alpha value is -6.06. The first-order valence-electron chi connectivity index (χ1n) is 17.0. The van der Waals surface area contributed by atoms with Crippen LogP contribution in [-0.4, -0.2) is 4.57 Å². The molecule has 9 rings (SSSR count). The van der Waals surface area contributed by atoms with E-state index < -0.39 is 0 Å². The molecule has 1 aliphatic carbocycles. The minimum absolute atomic E-state index is 0.0149. The summed E-state index contributed by atoms with van der Waals surface area (Å²) >= 11 is 0. The maximum absolute atomic E-state index is 7.19. The van der Waals surface area contributed by atoms with Gasteiger partial charge in [0.15, 0.2) is 0 Å². The highest BCUT2D eigenvalue weighted by Crippen LogP contribution is 2.49. The fourth-order valence-corrected chi connectivity index (χ4v) is 8.03. The van der Waals surface area contributed by atoms with E-state index >= 15 is 0 Å². The largest absolute Gasteiger partial charge is 0.395 e. The van der Waals surface area contributed by atoms with Crippen molar-refractivity contribution in [3.8, 4) is 39.1 Å². The van der Waals surface area contributed by atoms with E-state index in [0.29, 0.717) is 0 Å². The van der Waals surface area contributed by atoms with Crippen molar-refractivity contribution in [3.05, 3.63) is 168 Å². The average Bonchev–Trinajstić information content (AvgIpc) is 3.59. The molecule has 1 aromatic heterocycles. The average molecular weight is 632 g/mol. The fraction of sp³-hybridized carbons (Fsp3) is 0.0870. The second-order valence-corrected chi connectivity index (χ2v) is 13.7. The van der Waals surface area contributed by atoms with E-state index in [1.807, 2.05) is 0 Å². The van der Waals surface area contributed by atoms with E-state index in [0.717, 1.165) is 44.7 Å². The number of anilines is 3. The maximum Gasteiger partial charge on any atom is 0.0804 e. The molecule has 0 radical (unpaired) electrons. The molecule has 236 valence electrons. The Morgan fingerprint density at radius 2 is 1.22 bits per heavy atom. The fourth-order valence-electron chi connectivity index (χ4n) is 8.03. The van der Waals surface area contributed by atoms with Crippen molar-refractivity contribution in [3.63, 3.8) is 0 Å². The molecule has 0 unspecified atom stereocenters. The SMILES string of the molecule is Cc1ccccc1-c1ccccc1Nc1ccc2c3ccccc3n(-c3cccc(-c4ccc5c(c4)-c4ccccc4C5(C)C)c3)c2c1N. The number of fused-ring (bicyclic) bond motifs is 6. The Morgan fingerprint density at radius 1 is 0.531 bits per heavy atom. The van der Waals surface area contributed by atoms with Gasteiger partial charge in [0.1, 0.15) is 0 Å². The zero-order valence-corrected chi connectivity index (χ0v) is 28.0. The van der Waals surface area contributed by atoms with Gasteiger partial charge in [0.05, 0.1) is 22.4 Å². The zero-order chi connectivity index (χ0) is 33.3. The molecule has 49 heavy (non-hydrogen) atoms. The number of nitrogens with one attached hydrogen (secondary N) is 1. The molecule has 0 amide bonds. The number of rotatable bonds is 5. The summed E-state index contributed by atoms with van der Waals surface area (Å²) in [6.07, 6.45) is 0. The zero-order valence-electron chi connectivity index (χ0n) is 28.0. The molecular formula is C46H37N3. The van der Waals surface area contributed by atoms with E-state index in [-0.39, 0.29) is 5.41 Å². The number of benzene rings is 7. The van der Waals surface area contributed by atoms with Crippen molar-refractivity contribution in [2.75, 3.05) is 11.1 Å². The minimum atomic E-state index is -0.0149. The lowest BCUT2D eigenvalue weighted by Gasteiger charge is -2.21. The molecule has 3 heteroatoms. The van der Waals surface area contributed by atoms with Crippen LogP contribution in [0.25, 0.3) is 60.9 Å². The van der Waals surface area contributed by atoms with Crippen LogP contribution in [0.3, 0.4) is 0 Å². The second kappa shape index (κ2) is 11.0. The van der Waals surface area contributed by atoms with Crippen molar-refractivity contribution in [1.29, 1.82) is 0 Å². The Labute approximate surface area is 287 Å². The van der Waals surface area contributed by atoms with Crippen LogP contribution in [0.15, 0.2) is 152 Å². The summed E-state index contributed by atoms with van der Waals surface area (Å²) in [7, 11) is 0. The third-order valence-electron chi connectivity index (χ3n) is 10.5. The van der Waals surface area contributed by atoms with Crippen LogP contribution < -0.4 is 11.1 Å². The molecule has 0 atom stereocenters. The van der Waals surface area contributed by atoms with Crippen LogP contribution in [0.2, 0.25) is 0 Å². The van der Waals surface area contributed by atoms with Gasteiger partial charge in [-0.25, -0.2) is 0 Å². The van der Waals surface area contributed by atoms with Crippen molar-refractivity contribution in [2.24, 2.45) is 0 Å². The van der Waals surface area contributed by atoms with E-state index in [1.165, 1.54) is 49.9 Å². The summed E-state index contributed by atoms with van der Waals surface area (Å²) in [6.45, 7) is 6.81. The molecule has 0 bridgehead atoms. The van der Waals surface area contributed by atoms with Crippen molar-refractivity contribution in [2.45, 2.75) is 26.2 Å². The number of nitrogens with zero attached hydrogens (tertiary/aromatic N) is 1. The molecule has 0 saturated carbocycles. The molecule has 3 nitrogen and oxygen atoms in total. The molecule has 0 fully saturated rings. The smallest absolute Gasteiger partial charge is 0.0804 e. The van der Waals surface area contributed by atoms with E-state index in [1.54, 1.807) is 0 Å². The van der Waals surface area contributed by atoms with Crippen LogP contribution in [0.1, 0.15) is 30.5 Å². The lowest BCUT2D eigenvalue weighted by atomic mass is 9.82. The van der Waals surface area contributed by atoms with Crippen LogP contribution in [0.5, 0.6) is 0 Å². The van der Waals surface area contributed by atoms with Gasteiger partial charge in [0.2, 0.25) is 0 Å². The summed E-state index contributed by atoms with van der Waals surface area (Å²) in [5.41, 5.74) is 24.4. The topological polar surface area (TPSA) is 43.0 Å². The van der Waals surface area contributed by atoms with Gasteiger partial charge in [0, 0.05) is 33.1 Å². The molecule has 0 saturated heterocycles. The number of para-hydroxylation sites is 2. The van der Waals surface area contributed by atoms with E-state index in [2.05, 4.69) is 182 Å². The number of hydrogen-bond acceptors (Lipinski definition) is 2. The third-order valence-corrected chi connectivity index (χ3v) is 10.5. The highest BCUT2D eigenvalue weighted by atomic mass is 15.0. The Balaban J connectivity index is 1.19. The Morgan fingerprint density at radius 3 is 2.08 bits per heavy atom. The summed E-state index contributed by atoms with van der Waals surface area (Å²) in [5.74, 6) is 0. The highest BCUT2D eigenvalue weighted by molar-refractivity contribution is 6.15. The normalized spacial score (nSPS) is 13.0. The van der Waals surface area contributed by atoms with Gasteiger partial charge < -0.3 is 15.6 Å². The second-order valence-electron chi connectivity index (χ2n) is 13.7. The molecule has 7 aromatic carbocycles. The quantitative estimate of drug-likeness (QED) is 0.186. The molecule has 0 aliphatic heterocycles. The number of aromatic nitrogens is 1. The van der Waals surface area contributed by atoms with Gasteiger partial charge in [0.25, 0.3) is 0 Å². The van der Waals surface area contributed by atoms with Crippen molar-refractivity contribution in [1.82, 2.24) is 4.57 Å². The van der Waals surface area contributed by atoms with Gasteiger partial charge in [-0.1, -0.05) is 123 Å². The van der Waals surface area contributed by atoms with E-state index in [9.17, 15) is 0 Å². The number of aryl methyl sites for hydroxylation is 1. The molecule has 1 heterocycles. The molecule has 0 spiro atoms. The van der Waals surface area contributed by atoms with Gasteiger partial charge >= 0.3 is 0 Å². The van der Waals surface area contributed by atoms with E-state index in [4.69, 9.17) is 5.73 Å².